The molecule has 2 aromatic carbocycles. The van der Waals surface area contributed by atoms with Gasteiger partial charge in [-0.3, -0.25) is 14.6 Å². The standard InChI is InChI=1S/C25H28F3N5O2/c1-18(24-29-23(30-35-24)20-9-6-10-21(15-20)25(26,27)28)33-13-11-32(12-14-33)17-22(34)31(2)16-19-7-4-3-5-8-19/h3-10,15,18H,11-14,16-17H2,1-2H3. The lowest BCUT2D eigenvalue weighted by atomic mass is 10.1. The zero-order valence-electron chi connectivity index (χ0n) is 19.7. The van der Waals surface area contributed by atoms with Gasteiger partial charge in [-0.05, 0) is 24.6 Å². The first-order valence-corrected chi connectivity index (χ1v) is 11.5. The lowest BCUT2D eigenvalue weighted by Crippen LogP contribution is -2.50. The number of benzene rings is 2. The SMILES string of the molecule is CC(c1nc(-c2cccc(C(F)(F)F)c2)no1)N1CCN(CC(=O)N(C)Cc2ccccc2)CC1. The number of hydrogen-bond donors (Lipinski definition) is 0. The van der Waals surface area contributed by atoms with Crippen LogP contribution in [-0.4, -0.2) is 70.5 Å². The van der Waals surface area contributed by atoms with Crippen LogP contribution in [0.5, 0.6) is 0 Å². The van der Waals surface area contributed by atoms with E-state index in [9.17, 15) is 18.0 Å². The number of carbonyl (C=O) groups is 1. The van der Waals surface area contributed by atoms with Crippen molar-refractivity contribution >= 4 is 5.91 Å². The lowest BCUT2D eigenvalue weighted by molar-refractivity contribution is -0.137. The van der Waals surface area contributed by atoms with Gasteiger partial charge in [0.25, 0.3) is 0 Å². The Morgan fingerprint density at radius 2 is 1.80 bits per heavy atom. The summed E-state index contributed by atoms with van der Waals surface area (Å²) in [5, 5.41) is 3.89. The Kier molecular flexibility index (Phi) is 7.51. The molecule has 0 radical (unpaired) electrons. The van der Waals surface area contributed by atoms with E-state index in [2.05, 4.69) is 19.9 Å². The molecule has 0 bridgehead atoms. The molecule has 0 spiro atoms. The molecule has 0 saturated carbocycles. The van der Waals surface area contributed by atoms with Crippen molar-refractivity contribution in [3.05, 3.63) is 71.6 Å². The molecule has 1 aromatic heterocycles. The number of piperazine rings is 1. The van der Waals surface area contributed by atoms with Crippen molar-refractivity contribution in [2.45, 2.75) is 25.7 Å². The fourth-order valence-corrected chi connectivity index (χ4v) is 4.08. The number of likely N-dealkylation sites (N-methyl/N-ethyl adjacent to an activating group) is 1. The van der Waals surface area contributed by atoms with Gasteiger partial charge in [-0.25, -0.2) is 0 Å². The zero-order chi connectivity index (χ0) is 25.0. The summed E-state index contributed by atoms with van der Waals surface area (Å²) in [6.07, 6.45) is -4.44. The molecule has 1 atom stereocenters. The van der Waals surface area contributed by atoms with Crippen molar-refractivity contribution in [3.8, 4) is 11.4 Å². The molecule has 1 unspecified atom stereocenters. The number of amides is 1. The summed E-state index contributed by atoms with van der Waals surface area (Å²) in [4.78, 5) is 23.0. The van der Waals surface area contributed by atoms with Gasteiger partial charge in [0.1, 0.15) is 0 Å². The third-order valence-electron chi connectivity index (χ3n) is 6.25. The zero-order valence-corrected chi connectivity index (χ0v) is 19.7. The third kappa shape index (κ3) is 6.26. The Bertz CT molecular complexity index is 1130. The minimum atomic E-state index is -4.44. The fourth-order valence-electron chi connectivity index (χ4n) is 4.08. The highest BCUT2D eigenvalue weighted by molar-refractivity contribution is 5.78. The summed E-state index contributed by atoms with van der Waals surface area (Å²) < 4.78 is 44.4. The van der Waals surface area contributed by atoms with Crippen molar-refractivity contribution in [3.63, 3.8) is 0 Å². The second-order valence-electron chi connectivity index (χ2n) is 8.76. The van der Waals surface area contributed by atoms with Crippen LogP contribution in [0.1, 0.15) is 30.0 Å². The maximum atomic E-state index is 13.0. The van der Waals surface area contributed by atoms with Gasteiger partial charge < -0.3 is 9.42 Å². The second kappa shape index (κ2) is 10.6. The van der Waals surface area contributed by atoms with Crippen molar-refractivity contribution in [2.75, 3.05) is 39.8 Å². The van der Waals surface area contributed by atoms with Crippen LogP contribution in [-0.2, 0) is 17.5 Å². The predicted molar refractivity (Wildman–Crippen MR) is 124 cm³/mol. The van der Waals surface area contributed by atoms with Crippen molar-refractivity contribution in [2.24, 2.45) is 0 Å². The molecule has 1 aliphatic heterocycles. The minimum absolute atomic E-state index is 0.0676. The highest BCUT2D eigenvalue weighted by atomic mass is 19.4. The summed E-state index contributed by atoms with van der Waals surface area (Å²) >= 11 is 0. The van der Waals surface area contributed by atoms with E-state index in [1.54, 1.807) is 4.90 Å². The Balaban J connectivity index is 1.30. The molecule has 7 nitrogen and oxygen atoms in total. The molecule has 35 heavy (non-hydrogen) atoms. The Labute approximate surface area is 202 Å². The van der Waals surface area contributed by atoms with E-state index in [1.807, 2.05) is 44.3 Å². The quantitative estimate of drug-likeness (QED) is 0.500. The molecular formula is C25H28F3N5O2. The number of carbonyl (C=O) groups excluding carboxylic acids is 1. The van der Waals surface area contributed by atoms with Gasteiger partial charge in [0, 0.05) is 45.3 Å². The monoisotopic (exact) mass is 487 g/mol. The van der Waals surface area contributed by atoms with E-state index in [4.69, 9.17) is 4.52 Å². The Morgan fingerprint density at radius 3 is 2.49 bits per heavy atom. The maximum absolute atomic E-state index is 13.0. The van der Waals surface area contributed by atoms with Crippen LogP contribution in [0.15, 0.2) is 59.1 Å². The molecule has 1 aliphatic rings. The van der Waals surface area contributed by atoms with Crippen molar-refractivity contribution in [1.29, 1.82) is 0 Å². The molecule has 186 valence electrons. The molecule has 1 saturated heterocycles. The van der Waals surface area contributed by atoms with E-state index in [-0.39, 0.29) is 23.3 Å². The normalized spacial score (nSPS) is 16.3. The van der Waals surface area contributed by atoms with Crippen LogP contribution in [0.25, 0.3) is 11.4 Å². The number of hydrogen-bond acceptors (Lipinski definition) is 6. The van der Waals surface area contributed by atoms with Crippen LogP contribution in [0.4, 0.5) is 13.2 Å². The Hall–Kier alpha value is -3.24. The molecule has 0 N–H and O–H groups in total. The molecule has 10 heteroatoms. The van der Waals surface area contributed by atoms with E-state index in [0.717, 1.165) is 17.7 Å². The lowest BCUT2D eigenvalue weighted by Gasteiger charge is -2.37. The van der Waals surface area contributed by atoms with E-state index >= 15 is 0 Å². The van der Waals surface area contributed by atoms with Gasteiger partial charge in [-0.15, -0.1) is 0 Å². The van der Waals surface area contributed by atoms with Crippen LogP contribution in [0.2, 0.25) is 0 Å². The largest absolute Gasteiger partial charge is 0.416 e. The first-order chi connectivity index (χ1) is 16.7. The number of rotatable bonds is 7. The van der Waals surface area contributed by atoms with Crippen LogP contribution in [0.3, 0.4) is 0 Å². The van der Waals surface area contributed by atoms with Gasteiger partial charge in [0.05, 0.1) is 18.2 Å². The van der Waals surface area contributed by atoms with Crippen molar-refractivity contribution in [1.82, 2.24) is 24.8 Å². The summed E-state index contributed by atoms with van der Waals surface area (Å²) in [6.45, 7) is 5.69. The first kappa shape index (κ1) is 24.9. The Morgan fingerprint density at radius 1 is 1.09 bits per heavy atom. The highest BCUT2D eigenvalue weighted by Gasteiger charge is 2.31. The molecular weight excluding hydrogens is 459 g/mol. The van der Waals surface area contributed by atoms with E-state index in [1.165, 1.54) is 12.1 Å². The van der Waals surface area contributed by atoms with Crippen LogP contribution >= 0.6 is 0 Å². The fraction of sp³-hybridized carbons (Fsp3) is 0.400. The van der Waals surface area contributed by atoms with E-state index < -0.39 is 11.7 Å². The molecule has 2 heterocycles. The van der Waals surface area contributed by atoms with Gasteiger partial charge in [-0.2, -0.15) is 18.2 Å². The second-order valence-corrected chi connectivity index (χ2v) is 8.76. The molecule has 3 aromatic rings. The van der Waals surface area contributed by atoms with Gasteiger partial charge in [-0.1, -0.05) is 47.6 Å². The van der Waals surface area contributed by atoms with Crippen molar-refractivity contribution < 1.29 is 22.5 Å². The van der Waals surface area contributed by atoms with Crippen LogP contribution in [0, 0.1) is 0 Å². The molecule has 1 amide bonds. The number of aromatic nitrogens is 2. The predicted octanol–water partition coefficient (Wildman–Crippen LogP) is 4.09. The smallest absolute Gasteiger partial charge is 0.340 e. The van der Waals surface area contributed by atoms with E-state index in [0.29, 0.717) is 45.2 Å². The number of halogens is 3. The average Bonchev–Trinajstić information content (AvgIpc) is 3.35. The van der Waals surface area contributed by atoms with Gasteiger partial charge >= 0.3 is 6.18 Å². The summed E-state index contributed by atoms with van der Waals surface area (Å²) in [5.41, 5.74) is 0.588. The topological polar surface area (TPSA) is 65.7 Å². The summed E-state index contributed by atoms with van der Waals surface area (Å²) in [5.74, 6) is 0.547. The maximum Gasteiger partial charge on any atom is 0.416 e. The third-order valence-corrected chi connectivity index (χ3v) is 6.25. The first-order valence-electron chi connectivity index (χ1n) is 11.5. The molecule has 4 rings (SSSR count). The highest BCUT2D eigenvalue weighted by Crippen LogP contribution is 2.32. The average molecular weight is 488 g/mol. The van der Waals surface area contributed by atoms with Gasteiger partial charge in [0.2, 0.25) is 17.6 Å². The van der Waals surface area contributed by atoms with Crippen LogP contribution < -0.4 is 0 Å². The molecule has 1 fully saturated rings. The number of alkyl halides is 3. The van der Waals surface area contributed by atoms with Gasteiger partial charge in [0.15, 0.2) is 0 Å². The molecule has 0 aliphatic carbocycles. The minimum Gasteiger partial charge on any atom is -0.340 e. The number of nitrogens with zero attached hydrogens (tertiary/aromatic N) is 5. The summed E-state index contributed by atoms with van der Waals surface area (Å²) in [6, 6.07) is 14.6. The summed E-state index contributed by atoms with van der Waals surface area (Å²) in [7, 11) is 1.81.